The topological polar surface area (TPSA) is 75.7 Å². The second-order valence-corrected chi connectivity index (χ2v) is 10.7. The highest BCUT2D eigenvalue weighted by Crippen LogP contribution is 2.55. The van der Waals surface area contributed by atoms with Gasteiger partial charge in [0.1, 0.15) is 12.0 Å². The molecule has 9 heteroatoms. The van der Waals surface area contributed by atoms with Gasteiger partial charge < -0.3 is 9.52 Å². The van der Waals surface area contributed by atoms with E-state index in [9.17, 15) is 18.7 Å². The van der Waals surface area contributed by atoms with Crippen LogP contribution in [0.2, 0.25) is 5.02 Å². The molecular weight excluding hydrogens is 565 g/mol. The van der Waals surface area contributed by atoms with Crippen molar-refractivity contribution in [2.45, 2.75) is 56.4 Å². The summed E-state index contributed by atoms with van der Waals surface area (Å²) >= 11 is 8.75. The number of carboxylic acids is 1. The standard InChI is InChI=1S/C24H22ClF2IN2O3/c25-17-9-14(28)5-6-16(17)24(7-8-24)19-11-33-22(30-19)15-10-18(21(26)27)29-20(15)12-1-3-13(4-2-12)23(31)32/h5-6,9-13,20-21H,1-4,7-8H2,(H,31,32). The predicted molar refractivity (Wildman–Crippen MR) is 129 cm³/mol. The molecule has 2 aliphatic carbocycles. The Balaban J connectivity index is 1.43. The number of aliphatic imine (C=N–C) groups is 1. The van der Waals surface area contributed by atoms with Crippen LogP contribution in [0.1, 0.15) is 55.7 Å². The Bertz CT molecular complexity index is 1150. The lowest BCUT2D eigenvalue weighted by Gasteiger charge is -2.29. The van der Waals surface area contributed by atoms with Crippen molar-refractivity contribution in [3.63, 3.8) is 0 Å². The molecule has 1 aliphatic heterocycles. The van der Waals surface area contributed by atoms with Gasteiger partial charge >= 0.3 is 5.97 Å². The van der Waals surface area contributed by atoms with Gasteiger partial charge in [0.15, 0.2) is 0 Å². The van der Waals surface area contributed by atoms with Crippen LogP contribution in [0.15, 0.2) is 39.9 Å². The molecule has 2 fully saturated rings. The van der Waals surface area contributed by atoms with Gasteiger partial charge in [0.05, 0.1) is 17.7 Å². The lowest BCUT2D eigenvalue weighted by Crippen LogP contribution is -2.28. The molecule has 2 saturated carbocycles. The molecule has 1 unspecified atom stereocenters. The largest absolute Gasteiger partial charge is 0.481 e. The number of alkyl halides is 2. The number of hydrogen-bond acceptors (Lipinski definition) is 4. The van der Waals surface area contributed by atoms with Crippen LogP contribution in [0, 0.1) is 15.4 Å². The van der Waals surface area contributed by atoms with Crippen molar-refractivity contribution in [2.75, 3.05) is 0 Å². The van der Waals surface area contributed by atoms with E-state index in [1.54, 1.807) is 6.26 Å². The molecule has 0 amide bonds. The number of benzene rings is 1. The van der Waals surface area contributed by atoms with Gasteiger partial charge in [-0.05, 0) is 90.8 Å². The third-order valence-electron chi connectivity index (χ3n) is 7.14. The van der Waals surface area contributed by atoms with Crippen molar-refractivity contribution in [1.29, 1.82) is 0 Å². The fraction of sp³-hybridized carbons (Fsp3) is 0.458. The zero-order valence-corrected chi connectivity index (χ0v) is 20.5. The van der Waals surface area contributed by atoms with Crippen molar-refractivity contribution >= 4 is 51.4 Å². The van der Waals surface area contributed by atoms with Gasteiger partial charge in [-0.3, -0.25) is 9.79 Å². The van der Waals surface area contributed by atoms with E-state index in [0.29, 0.717) is 42.2 Å². The Morgan fingerprint density at radius 3 is 2.58 bits per heavy atom. The summed E-state index contributed by atoms with van der Waals surface area (Å²) < 4.78 is 33.9. The molecule has 0 radical (unpaired) electrons. The van der Waals surface area contributed by atoms with Crippen LogP contribution in [0.5, 0.6) is 0 Å². The Labute approximate surface area is 208 Å². The maximum Gasteiger partial charge on any atom is 0.306 e. The van der Waals surface area contributed by atoms with Crippen LogP contribution in [0.4, 0.5) is 8.78 Å². The Hall–Kier alpha value is -1.81. The molecule has 33 heavy (non-hydrogen) atoms. The van der Waals surface area contributed by atoms with Gasteiger partial charge in [0, 0.05) is 19.6 Å². The average Bonchev–Trinajstić information content (AvgIpc) is 3.22. The Morgan fingerprint density at radius 2 is 1.97 bits per heavy atom. The average molecular weight is 587 g/mol. The Kier molecular flexibility index (Phi) is 6.09. The Morgan fingerprint density at radius 1 is 1.24 bits per heavy atom. The third kappa shape index (κ3) is 4.24. The number of carbonyl (C=O) groups is 1. The minimum absolute atomic E-state index is 0.0148. The van der Waals surface area contributed by atoms with Crippen LogP contribution in [-0.2, 0) is 10.2 Å². The smallest absolute Gasteiger partial charge is 0.306 e. The fourth-order valence-electron chi connectivity index (χ4n) is 5.15. The van der Waals surface area contributed by atoms with E-state index in [-0.39, 0.29) is 23.0 Å². The summed E-state index contributed by atoms with van der Waals surface area (Å²) in [7, 11) is 0. The highest BCUT2D eigenvalue weighted by molar-refractivity contribution is 14.1. The molecule has 2 aromatic rings. The molecule has 5 nitrogen and oxygen atoms in total. The van der Waals surface area contributed by atoms with Crippen molar-refractivity contribution in [3.8, 4) is 0 Å². The molecule has 3 aliphatic rings. The lowest BCUT2D eigenvalue weighted by atomic mass is 9.77. The molecule has 1 aromatic carbocycles. The minimum atomic E-state index is -2.69. The first-order valence-corrected chi connectivity index (χ1v) is 12.5. The van der Waals surface area contributed by atoms with Gasteiger partial charge in [-0.1, -0.05) is 17.7 Å². The van der Waals surface area contributed by atoms with Gasteiger partial charge in [0.25, 0.3) is 6.43 Å². The van der Waals surface area contributed by atoms with E-state index in [1.807, 2.05) is 18.2 Å². The van der Waals surface area contributed by atoms with E-state index in [1.165, 1.54) is 6.08 Å². The number of nitrogens with zero attached hydrogens (tertiary/aromatic N) is 2. The van der Waals surface area contributed by atoms with E-state index in [0.717, 1.165) is 27.7 Å². The summed E-state index contributed by atoms with van der Waals surface area (Å²) in [6.07, 6.45) is 4.38. The van der Waals surface area contributed by atoms with Gasteiger partial charge in [0.2, 0.25) is 5.89 Å². The summed E-state index contributed by atoms with van der Waals surface area (Å²) in [5.74, 6) is -0.884. The molecule has 174 valence electrons. The molecule has 1 N–H and O–H groups in total. The highest BCUT2D eigenvalue weighted by atomic mass is 127. The molecule has 0 spiro atoms. The predicted octanol–water partition coefficient (Wildman–Crippen LogP) is 6.38. The van der Waals surface area contributed by atoms with Crippen LogP contribution < -0.4 is 0 Å². The lowest BCUT2D eigenvalue weighted by molar-refractivity contribution is -0.143. The second kappa shape index (κ2) is 8.76. The number of rotatable bonds is 6. The molecule has 2 heterocycles. The molecular formula is C24H22ClF2IN2O3. The van der Waals surface area contributed by atoms with Gasteiger partial charge in [-0.15, -0.1) is 0 Å². The number of aromatic nitrogens is 1. The fourth-order valence-corrected chi connectivity index (χ4v) is 6.19. The first kappa shape index (κ1) is 23.0. The first-order chi connectivity index (χ1) is 15.8. The van der Waals surface area contributed by atoms with Crippen molar-refractivity contribution < 1.29 is 23.1 Å². The van der Waals surface area contributed by atoms with E-state index >= 15 is 0 Å². The van der Waals surface area contributed by atoms with Crippen molar-refractivity contribution in [3.05, 3.63) is 56.3 Å². The molecule has 5 rings (SSSR count). The highest BCUT2D eigenvalue weighted by Gasteiger charge is 2.50. The number of aliphatic carboxylic acids is 1. The third-order valence-corrected chi connectivity index (χ3v) is 8.12. The summed E-state index contributed by atoms with van der Waals surface area (Å²) in [4.78, 5) is 20.4. The molecule has 1 aromatic heterocycles. The van der Waals surface area contributed by atoms with E-state index in [2.05, 4.69) is 27.6 Å². The van der Waals surface area contributed by atoms with Crippen LogP contribution in [0.3, 0.4) is 0 Å². The van der Waals surface area contributed by atoms with Crippen molar-refractivity contribution in [2.24, 2.45) is 16.8 Å². The number of halogens is 4. The van der Waals surface area contributed by atoms with E-state index in [4.69, 9.17) is 21.0 Å². The molecule has 0 bridgehead atoms. The summed E-state index contributed by atoms with van der Waals surface area (Å²) in [5.41, 5.74) is 1.72. The quantitative estimate of drug-likeness (QED) is 0.399. The summed E-state index contributed by atoms with van der Waals surface area (Å²) in [6.45, 7) is 0. The van der Waals surface area contributed by atoms with Crippen LogP contribution >= 0.6 is 34.2 Å². The maximum absolute atomic E-state index is 13.5. The first-order valence-electron chi connectivity index (χ1n) is 11.0. The minimum Gasteiger partial charge on any atom is -0.481 e. The SMILES string of the molecule is O=C(O)C1CCC(C2N=C(C(F)F)C=C2c2nc(C3(c4ccc(I)cc4Cl)CC3)co2)CC1. The van der Waals surface area contributed by atoms with Crippen molar-refractivity contribution in [1.82, 2.24) is 4.98 Å². The summed E-state index contributed by atoms with van der Waals surface area (Å²) in [5, 5.41) is 9.96. The van der Waals surface area contributed by atoms with Crippen LogP contribution in [-0.4, -0.2) is 34.2 Å². The number of allylic oxidation sites excluding steroid dienone is 1. The number of carboxylic acid groups (broad SMARTS) is 1. The number of hydrogen-bond donors (Lipinski definition) is 1. The van der Waals surface area contributed by atoms with Gasteiger partial charge in [-0.25, -0.2) is 13.8 Å². The molecule has 0 saturated heterocycles. The zero-order chi connectivity index (χ0) is 23.3. The summed E-state index contributed by atoms with van der Waals surface area (Å²) in [6, 6.07) is 5.45. The van der Waals surface area contributed by atoms with Gasteiger partial charge in [-0.2, -0.15) is 0 Å². The van der Waals surface area contributed by atoms with E-state index < -0.39 is 18.4 Å². The van der Waals surface area contributed by atoms with Crippen LogP contribution in [0.25, 0.3) is 5.57 Å². The normalized spacial score (nSPS) is 26.3. The maximum atomic E-state index is 13.5. The molecule has 1 atom stereocenters. The zero-order valence-electron chi connectivity index (χ0n) is 17.6. The monoisotopic (exact) mass is 586 g/mol. The number of oxazole rings is 1. The second-order valence-electron chi connectivity index (χ2n) is 9.09.